The third-order valence-corrected chi connectivity index (χ3v) is 2.86. The molecule has 19 heavy (non-hydrogen) atoms. The Hall–Kier alpha value is -2.21. The van der Waals surface area contributed by atoms with Crippen LogP contribution < -0.4 is 5.32 Å². The fourth-order valence-electron chi connectivity index (χ4n) is 1.69. The van der Waals surface area contributed by atoms with Crippen molar-refractivity contribution in [2.24, 2.45) is 0 Å². The molecule has 0 bridgehead atoms. The number of hydrogen-bond donors (Lipinski definition) is 1. The summed E-state index contributed by atoms with van der Waals surface area (Å²) in [4.78, 5) is 11.1. The highest BCUT2D eigenvalue weighted by molar-refractivity contribution is 5.71. The van der Waals surface area contributed by atoms with E-state index >= 15 is 0 Å². The molecule has 1 N–H and O–H groups in total. The molecule has 0 radical (unpaired) electrons. The second-order valence-electron chi connectivity index (χ2n) is 4.12. The van der Waals surface area contributed by atoms with E-state index in [1.807, 2.05) is 31.2 Å². The van der Waals surface area contributed by atoms with Crippen LogP contribution in [0.15, 0.2) is 36.7 Å². The lowest BCUT2D eigenvalue weighted by Gasteiger charge is -2.13. The van der Waals surface area contributed by atoms with Crippen LogP contribution in [0.1, 0.15) is 18.5 Å². The number of esters is 1. The molecule has 6 nitrogen and oxygen atoms in total. The quantitative estimate of drug-likeness (QED) is 0.815. The molecule has 2 aromatic rings. The maximum absolute atomic E-state index is 11.1. The van der Waals surface area contributed by atoms with Gasteiger partial charge in [0.2, 0.25) is 0 Å². The minimum atomic E-state index is -0.272. The Morgan fingerprint density at radius 3 is 2.74 bits per heavy atom. The van der Waals surface area contributed by atoms with E-state index in [1.165, 1.54) is 7.11 Å². The topological polar surface area (TPSA) is 69.0 Å². The molecule has 0 fully saturated rings. The van der Waals surface area contributed by atoms with Crippen molar-refractivity contribution in [3.05, 3.63) is 42.2 Å². The predicted octanol–water partition coefficient (Wildman–Crippen LogP) is 1.09. The van der Waals surface area contributed by atoms with Gasteiger partial charge in [0.25, 0.3) is 0 Å². The zero-order valence-electron chi connectivity index (χ0n) is 10.9. The Labute approximate surface area is 111 Å². The van der Waals surface area contributed by atoms with Crippen LogP contribution in [0, 0.1) is 0 Å². The second kappa shape index (κ2) is 6.10. The molecule has 6 heteroatoms. The monoisotopic (exact) mass is 260 g/mol. The SMILES string of the molecule is COC(=O)CN[C@@H](C)c1ccc(-n2ccnn2)cc1. The lowest BCUT2D eigenvalue weighted by molar-refractivity contribution is -0.139. The van der Waals surface area contributed by atoms with Crippen molar-refractivity contribution in [2.45, 2.75) is 13.0 Å². The number of aromatic nitrogens is 3. The van der Waals surface area contributed by atoms with E-state index in [1.54, 1.807) is 17.1 Å². The van der Waals surface area contributed by atoms with Crippen molar-refractivity contribution in [1.82, 2.24) is 20.3 Å². The van der Waals surface area contributed by atoms with Gasteiger partial charge in [-0.25, -0.2) is 4.68 Å². The maximum Gasteiger partial charge on any atom is 0.319 e. The summed E-state index contributed by atoms with van der Waals surface area (Å²) in [6, 6.07) is 7.97. The van der Waals surface area contributed by atoms with E-state index in [0.717, 1.165) is 11.3 Å². The van der Waals surface area contributed by atoms with Gasteiger partial charge >= 0.3 is 5.97 Å². The number of rotatable bonds is 5. The molecule has 1 aromatic carbocycles. The van der Waals surface area contributed by atoms with E-state index in [9.17, 15) is 4.79 Å². The average Bonchev–Trinajstić information content (AvgIpc) is 2.98. The third kappa shape index (κ3) is 3.38. The van der Waals surface area contributed by atoms with Crippen molar-refractivity contribution >= 4 is 5.97 Å². The zero-order valence-corrected chi connectivity index (χ0v) is 10.9. The van der Waals surface area contributed by atoms with E-state index in [4.69, 9.17) is 0 Å². The molecule has 1 atom stereocenters. The lowest BCUT2D eigenvalue weighted by atomic mass is 10.1. The molecule has 0 aliphatic rings. The van der Waals surface area contributed by atoms with Gasteiger partial charge in [-0.3, -0.25) is 4.79 Å². The molecular formula is C13H16N4O2. The first-order chi connectivity index (χ1) is 9.20. The number of methoxy groups -OCH3 is 1. The maximum atomic E-state index is 11.1. The van der Waals surface area contributed by atoms with Crippen LogP contribution in [0.2, 0.25) is 0 Å². The summed E-state index contributed by atoms with van der Waals surface area (Å²) in [5, 5.41) is 10.8. The standard InChI is InChI=1S/C13H16N4O2/c1-10(14-9-13(18)19-2)11-3-5-12(6-4-11)17-8-7-15-16-17/h3-8,10,14H,9H2,1-2H3/t10-/m0/s1. The first-order valence-corrected chi connectivity index (χ1v) is 5.97. The molecule has 2 rings (SSSR count). The number of nitrogens with one attached hydrogen (secondary N) is 1. The van der Waals surface area contributed by atoms with Crippen molar-refractivity contribution in [1.29, 1.82) is 0 Å². The summed E-state index contributed by atoms with van der Waals surface area (Å²) < 4.78 is 6.28. The molecule has 0 unspecified atom stereocenters. The van der Waals surface area contributed by atoms with E-state index in [2.05, 4.69) is 20.4 Å². The van der Waals surface area contributed by atoms with Gasteiger partial charge in [0.05, 0.1) is 31.7 Å². The van der Waals surface area contributed by atoms with Crippen LogP contribution in [0.25, 0.3) is 5.69 Å². The Bertz CT molecular complexity index is 522. The summed E-state index contributed by atoms with van der Waals surface area (Å²) >= 11 is 0. The Kier molecular flexibility index (Phi) is 4.25. The highest BCUT2D eigenvalue weighted by Gasteiger charge is 2.08. The molecule has 0 aliphatic heterocycles. The first kappa shape index (κ1) is 13.2. The summed E-state index contributed by atoms with van der Waals surface area (Å²) in [7, 11) is 1.38. The number of ether oxygens (including phenoxy) is 1. The number of benzene rings is 1. The van der Waals surface area contributed by atoms with Crippen molar-refractivity contribution < 1.29 is 9.53 Å². The number of nitrogens with zero attached hydrogens (tertiary/aromatic N) is 3. The van der Waals surface area contributed by atoms with Crippen LogP contribution >= 0.6 is 0 Å². The highest BCUT2D eigenvalue weighted by atomic mass is 16.5. The molecule has 0 aliphatic carbocycles. The number of carbonyl (C=O) groups is 1. The number of carbonyl (C=O) groups excluding carboxylic acids is 1. The largest absolute Gasteiger partial charge is 0.468 e. The molecule has 0 saturated carbocycles. The normalized spacial score (nSPS) is 12.1. The van der Waals surface area contributed by atoms with Gasteiger partial charge in [-0.05, 0) is 24.6 Å². The van der Waals surface area contributed by atoms with Crippen LogP contribution in [-0.4, -0.2) is 34.6 Å². The molecule has 1 aromatic heterocycles. The first-order valence-electron chi connectivity index (χ1n) is 5.97. The van der Waals surface area contributed by atoms with Crippen molar-refractivity contribution in [3.63, 3.8) is 0 Å². The van der Waals surface area contributed by atoms with Crippen LogP contribution in [-0.2, 0) is 9.53 Å². The van der Waals surface area contributed by atoms with Crippen LogP contribution in [0.4, 0.5) is 0 Å². The van der Waals surface area contributed by atoms with E-state index in [0.29, 0.717) is 0 Å². The van der Waals surface area contributed by atoms with E-state index < -0.39 is 0 Å². The molecule has 0 spiro atoms. The summed E-state index contributed by atoms with van der Waals surface area (Å²) in [5.41, 5.74) is 2.04. The molecule has 0 saturated heterocycles. The second-order valence-corrected chi connectivity index (χ2v) is 4.12. The smallest absolute Gasteiger partial charge is 0.319 e. The molecule has 100 valence electrons. The summed E-state index contributed by atoms with van der Waals surface area (Å²) in [6.45, 7) is 2.19. The van der Waals surface area contributed by atoms with Crippen LogP contribution in [0.3, 0.4) is 0 Å². The van der Waals surface area contributed by atoms with E-state index in [-0.39, 0.29) is 18.6 Å². The molecule has 0 amide bonds. The summed E-state index contributed by atoms with van der Waals surface area (Å²) in [6.07, 6.45) is 3.42. The Morgan fingerprint density at radius 2 is 2.16 bits per heavy atom. The minimum absolute atomic E-state index is 0.0731. The number of hydrogen-bond acceptors (Lipinski definition) is 5. The Balaban J connectivity index is 2.00. The van der Waals surface area contributed by atoms with Crippen molar-refractivity contribution in [2.75, 3.05) is 13.7 Å². The van der Waals surface area contributed by atoms with Gasteiger partial charge in [0.15, 0.2) is 0 Å². The van der Waals surface area contributed by atoms with Gasteiger partial charge < -0.3 is 10.1 Å². The van der Waals surface area contributed by atoms with Gasteiger partial charge in [0.1, 0.15) is 0 Å². The van der Waals surface area contributed by atoms with Gasteiger partial charge in [-0.1, -0.05) is 17.3 Å². The fourth-order valence-corrected chi connectivity index (χ4v) is 1.69. The minimum Gasteiger partial charge on any atom is -0.468 e. The Morgan fingerprint density at radius 1 is 1.42 bits per heavy atom. The fraction of sp³-hybridized carbons (Fsp3) is 0.308. The predicted molar refractivity (Wildman–Crippen MR) is 69.8 cm³/mol. The van der Waals surface area contributed by atoms with Gasteiger partial charge in [0, 0.05) is 6.04 Å². The zero-order chi connectivity index (χ0) is 13.7. The highest BCUT2D eigenvalue weighted by Crippen LogP contribution is 2.14. The summed E-state index contributed by atoms with van der Waals surface area (Å²) in [5.74, 6) is -0.272. The third-order valence-electron chi connectivity index (χ3n) is 2.86. The lowest BCUT2D eigenvalue weighted by Crippen LogP contribution is -2.26. The molecule has 1 heterocycles. The van der Waals surface area contributed by atoms with Crippen molar-refractivity contribution in [3.8, 4) is 5.69 Å². The van der Waals surface area contributed by atoms with Crippen LogP contribution in [0.5, 0.6) is 0 Å². The van der Waals surface area contributed by atoms with Gasteiger partial charge in [-0.2, -0.15) is 0 Å². The van der Waals surface area contributed by atoms with Gasteiger partial charge in [-0.15, -0.1) is 5.10 Å². The average molecular weight is 260 g/mol. The molecular weight excluding hydrogens is 244 g/mol.